The van der Waals surface area contributed by atoms with Gasteiger partial charge >= 0.3 is 0 Å². The molecule has 0 spiro atoms. The number of fused-ring (bicyclic) bond motifs is 1. The van der Waals surface area contributed by atoms with Crippen LogP contribution >= 0.6 is 11.6 Å². The number of nitrogens with zero attached hydrogens (tertiary/aromatic N) is 2. The minimum Gasteiger partial charge on any atom is -0.486 e. The average Bonchev–Trinajstić information content (AvgIpc) is 3.15. The lowest BCUT2D eigenvalue weighted by atomic mass is 10.2. The highest BCUT2D eigenvalue weighted by atomic mass is 35.5. The summed E-state index contributed by atoms with van der Waals surface area (Å²) in [6.45, 7) is 0.659. The third kappa shape index (κ3) is 3.90. The van der Waals surface area contributed by atoms with Crippen LogP contribution in [0.1, 0.15) is 5.89 Å². The van der Waals surface area contributed by atoms with Crippen LogP contribution in [0, 0.1) is 0 Å². The highest BCUT2D eigenvalue weighted by Gasteiger charge is 2.20. The van der Waals surface area contributed by atoms with Gasteiger partial charge in [-0.15, -0.1) is 0 Å². The van der Waals surface area contributed by atoms with Gasteiger partial charge < -0.3 is 14.0 Å². The predicted octanol–water partition coefficient (Wildman–Crippen LogP) is 2.64. The quantitative estimate of drug-likeness (QED) is 0.693. The zero-order valence-electron chi connectivity index (χ0n) is 13.9. The summed E-state index contributed by atoms with van der Waals surface area (Å²) in [4.78, 5) is 4.24. The highest BCUT2D eigenvalue weighted by molar-refractivity contribution is 7.89. The van der Waals surface area contributed by atoms with Gasteiger partial charge in [0.05, 0.1) is 11.4 Å². The Morgan fingerprint density at radius 1 is 1.07 bits per heavy atom. The van der Waals surface area contributed by atoms with Gasteiger partial charge in [-0.2, -0.15) is 4.98 Å². The zero-order valence-corrected chi connectivity index (χ0v) is 15.5. The van der Waals surface area contributed by atoms with E-state index in [0.29, 0.717) is 41.1 Å². The van der Waals surface area contributed by atoms with E-state index in [4.69, 9.17) is 25.6 Å². The maximum absolute atomic E-state index is 12.5. The molecule has 140 valence electrons. The molecule has 10 heteroatoms. The number of nitrogens with one attached hydrogen (secondary N) is 1. The molecule has 2 heterocycles. The summed E-state index contributed by atoms with van der Waals surface area (Å²) in [6.07, 6.45) is 0. The standard InChI is InChI=1S/C17H14ClN3O5S/c18-12-3-1-2-11(8-12)17-20-16(26-21-17)10-19-27(22,23)13-4-5-14-15(9-13)25-7-6-24-14/h1-5,8-9,19H,6-7,10H2. The van der Waals surface area contributed by atoms with Crippen molar-refractivity contribution in [2.75, 3.05) is 13.2 Å². The van der Waals surface area contributed by atoms with Crippen LogP contribution in [0.15, 0.2) is 51.9 Å². The fraction of sp³-hybridized carbons (Fsp3) is 0.176. The van der Waals surface area contributed by atoms with Crippen LogP contribution < -0.4 is 14.2 Å². The molecule has 1 N–H and O–H groups in total. The van der Waals surface area contributed by atoms with E-state index in [1.165, 1.54) is 12.1 Å². The van der Waals surface area contributed by atoms with Crippen molar-refractivity contribution in [1.82, 2.24) is 14.9 Å². The lowest BCUT2D eigenvalue weighted by molar-refractivity contribution is 0.171. The Balaban J connectivity index is 1.48. The molecule has 2 aromatic carbocycles. The van der Waals surface area contributed by atoms with Crippen molar-refractivity contribution in [2.45, 2.75) is 11.4 Å². The molecule has 0 unspecified atom stereocenters. The smallest absolute Gasteiger partial charge is 0.242 e. The average molecular weight is 408 g/mol. The van der Waals surface area contributed by atoms with Gasteiger partial charge in [-0.05, 0) is 24.3 Å². The maximum atomic E-state index is 12.5. The van der Waals surface area contributed by atoms with Crippen LogP contribution in [0.4, 0.5) is 0 Å². The Labute approximate surface area is 160 Å². The van der Waals surface area contributed by atoms with Crippen LogP contribution in [0.5, 0.6) is 11.5 Å². The Kier molecular flexibility index (Phi) is 4.73. The van der Waals surface area contributed by atoms with Crippen molar-refractivity contribution in [3.8, 4) is 22.9 Å². The Bertz CT molecular complexity index is 1080. The third-order valence-corrected chi connectivity index (χ3v) is 5.42. The lowest BCUT2D eigenvalue weighted by Crippen LogP contribution is -2.24. The molecule has 0 saturated carbocycles. The minimum absolute atomic E-state index is 0.0568. The lowest BCUT2D eigenvalue weighted by Gasteiger charge is -2.18. The van der Waals surface area contributed by atoms with E-state index in [1.807, 2.05) is 0 Å². The molecule has 3 aromatic rings. The van der Waals surface area contributed by atoms with Gasteiger partial charge in [0.15, 0.2) is 11.5 Å². The fourth-order valence-corrected chi connectivity index (χ4v) is 3.68. The minimum atomic E-state index is -3.79. The summed E-state index contributed by atoms with van der Waals surface area (Å²) >= 11 is 5.94. The van der Waals surface area contributed by atoms with Gasteiger partial charge in [0.1, 0.15) is 13.2 Å². The van der Waals surface area contributed by atoms with Gasteiger partial charge in [-0.1, -0.05) is 28.9 Å². The highest BCUT2D eigenvalue weighted by Crippen LogP contribution is 2.32. The second-order valence-electron chi connectivity index (χ2n) is 5.65. The molecule has 0 atom stereocenters. The summed E-state index contributed by atoms with van der Waals surface area (Å²) < 4.78 is 43.3. The Morgan fingerprint density at radius 3 is 2.70 bits per heavy atom. The molecule has 1 aromatic heterocycles. The molecular formula is C17H14ClN3O5S. The first kappa shape index (κ1) is 17.8. The van der Waals surface area contributed by atoms with E-state index >= 15 is 0 Å². The van der Waals surface area contributed by atoms with Crippen LogP contribution in [-0.2, 0) is 16.6 Å². The number of rotatable bonds is 5. The molecule has 0 saturated heterocycles. The van der Waals surface area contributed by atoms with E-state index in [1.54, 1.807) is 30.3 Å². The summed E-state index contributed by atoms with van der Waals surface area (Å²) in [5, 5.41) is 4.38. The number of benzene rings is 2. The van der Waals surface area contributed by atoms with Gasteiger partial charge in [0.25, 0.3) is 0 Å². The summed E-state index contributed by atoms with van der Waals surface area (Å²) in [7, 11) is -3.79. The molecular weight excluding hydrogens is 394 g/mol. The number of halogens is 1. The van der Waals surface area contributed by atoms with Gasteiger partial charge in [-0.25, -0.2) is 13.1 Å². The van der Waals surface area contributed by atoms with Crippen LogP contribution in [0.2, 0.25) is 5.02 Å². The zero-order chi connectivity index (χ0) is 18.9. The number of sulfonamides is 1. The molecule has 27 heavy (non-hydrogen) atoms. The number of hydrogen-bond acceptors (Lipinski definition) is 7. The third-order valence-electron chi connectivity index (χ3n) is 3.79. The largest absolute Gasteiger partial charge is 0.486 e. The topological polar surface area (TPSA) is 104 Å². The van der Waals surface area contributed by atoms with Crippen molar-refractivity contribution < 1.29 is 22.4 Å². The SMILES string of the molecule is O=S(=O)(NCc1nc(-c2cccc(Cl)c2)no1)c1ccc2c(c1)OCCO2. The molecule has 1 aliphatic heterocycles. The summed E-state index contributed by atoms with van der Waals surface area (Å²) in [5.41, 5.74) is 0.673. The van der Waals surface area contributed by atoms with Crippen LogP contribution in [0.3, 0.4) is 0 Å². The van der Waals surface area contributed by atoms with Crippen molar-refractivity contribution >= 4 is 21.6 Å². The van der Waals surface area contributed by atoms with E-state index in [2.05, 4.69) is 14.9 Å². The summed E-state index contributed by atoms with van der Waals surface area (Å²) in [6, 6.07) is 11.4. The van der Waals surface area contributed by atoms with E-state index < -0.39 is 10.0 Å². The predicted molar refractivity (Wildman–Crippen MR) is 96.2 cm³/mol. The molecule has 0 aliphatic carbocycles. The first-order chi connectivity index (χ1) is 13.0. The van der Waals surface area contributed by atoms with Gasteiger partial charge in [-0.3, -0.25) is 0 Å². The molecule has 8 nitrogen and oxygen atoms in total. The van der Waals surface area contributed by atoms with Crippen molar-refractivity contribution in [3.05, 3.63) is 53.4 Å². The number of hydrogen-bond donors (Lipinski definition) is 1. The molecule has 0 fully saturated rings. The second-order valence-corrected chi connectivity index (χ2v) is 7.86. The normalized spacial score (nSPS) is 13.5. The van der Waals surface area contributed by atoms with Crippen LogP contribution in [-0.4, -0.2) is 31.8 Å². The van der Waals surface area contributed by atoms with Crippen molar-refractivity contribution in [2.24, 2.45) is 0 Å². The number of ether oxygens (including phenoxy) is 2. The Morgan fingerprint density at radius 2 is 1.89 bits per heavy atom. The second kappa shape index (κ2) is 7.18. The van der Waals surface area contributed by atoms with E-state index in [0.717, 1.165) is 0 Å². The number of aromatic nitrogens is 2. The monoisotopic (exact) mass is 407 g/mol. The van der Waals surface area contributed by atoms with Gasteiger partial charge in [0, 0.05) is 16.7 Å². The van der Waals surface area contributed by atoms with Crippen molar-refractivity contribution in [1.29, 1.82) is 0 Å². The molecule has 0 amide bonds. The Hall–Kier alpha value is -2.62. The maximum Gasteiger partial charge on any atom is 0.242 e. The van der Waals surface area contributed by atoms with Gasteiger partial charge in [0.2, 0.25) is 21.7 Å². The molecule has 0 radical (unpaired) electrons. The van der Waals surface area contributed by atoms with E-state index in [-0.39, 0.29) is 17.3 Å². The summed E-state index contributed by atoms with van der Waals surface area (Å²) in [5.74, 6) is 1.37. The van der Waals surface area contributed by atoms with Crippen molar-refractivity contribution in [3.63, 3.8) is 0 Å². The molecule has 0 bridgehead atoms. The molecule has 1 aliphatic rings. The first-order valence-corrected chi connectivity index (χ1v) is 9.85. The first-order valence-electron chi connectivity index (χ1n) is 7.99. The fourth-order valence-electron chi connectivity index (χ4n) is 2.50. The molecule has 4 rings (SSSR count). The van der Waals surface area contributed by atoms with Crippen LogP contribution in [0.25, 0.3) is 11.4 Å². The van der Waals surface area contributed by atoms with E-state index in [9.17, 15) is 8.42 Å².